The summed E-state index contributed by atoms with van der Waals surface area (Å²) in [6, 6.07) is 0. The van der Waals surface area contributed by atoms with Crippen molar-refractivity contribution in [2.45, 2.75) is 71.6 Å². The van der Waals surface area contributed by atoms with Gasteiger partial charge in [0, 0.05) is 28.1 Å². The molecule has 0 aromatic heterocycles. The number of cyclic esters (lactones) is 1. The predicted molar refractivity (Wildman–Crippen MR) is 108 cm³/mol. The Balaban J connectivity index is 1.65. The van der Waals surface area contributed by atoms with Gasteiger partial charge in [-0.2, -0.15) is 0 Å². The smallest absolute Gasteiger partial charge is 0.340 e. The van der Waals surface area contributed by atoms with Gasteiger partial charge in [-0.1, -0.05) is 38.3 Å². The van der Waals surface area contributed by atoms with Crippen molar-refractivity contribution in [2.75, 3.05) is 0 Å². The summed E-state index contributed by atoms with van der Waals surface area (Å²) in [5, 5.41) is 0. The van der Waals surface area contributed by atoms with E-state index in [2.05, 4.69) is 26.0 Å². The summed E-state index contributed by atoms with van der Waals surface area (Å²) < 4.78 is 5.78. The molecule has 1 aliphatic heterocycles. The molecule has 6 aliphatic rings. The normalized spacial score (nSPS) is 36.9. The van der Waals surface area contributed by atoms with E-state index in [-0.39, 0.29) is 23.1 Å². The van der Waals surface area contributed by atoms with Crippen LogP contribution in [0.5, 0.6) is 0 Å². The third-order valence-corrected chi connectivity index (χ3v) is 7.89. The van der Waals surface area contributed by atoms with E-state index in [4.69, 9.17) is 4.74 Å². The molecular weight excluding hydrogens is 348 g/mol. The van der Waals surface area contributed by atoms with Gasteiger partial charge in [-0.15, -0.1) is 0 Å². The van der Waals surface area contributed by atoms with Gasteiger partial charge in [0.05, 0.1) is 0 Å². The van der Waals surface area contributed by atoms with Crippen molar-refractivity contribution in [1.29, 1.82) is 0 Å². The van der Waals surface area contributed by atoms with E-state index in [9.17, 15) is 9.59 Å². The molecule has 148 valence electrons. The fourth-order valence-electron chi connectivity index (χ4n) is 6.75. The average Bonchev–Trinajstić information content (AvgIpc) is 3.19. The number of esters is 1. The van der Waals surface area contributed by atoms with Crippen LogP contribution in [-0.2, 0) is 14.3 Å². The first-order chi connectivity index (χ1) is 13.6. The largest absolute Gasteiger partial charge is 0.423 e. The molecule has 0 aromatic carbocycles. The van der Waals surface area contributed by atoms with E-state index in [1.54, 1.807) is 0 Å². The fraction of sp³-hybridized carbons (Fsp3) is 0.600. The first-order valence-corrected chi connectivity index (χ1v) is 11.2. The molecule has 0 radical (unpaired) electrons. The molecule has 1 spiro atoms. The Morgan fingerprint density at radius 2 is 2.07 bits per heavy atom. The highest BCUT2D eigenvalue weighted by molar-refractivity contribution is 6.10. The Morgan fingerprint density at radius 1 is 1.21 bits per heavy atom. The minimum atomic E-state index is -0.230. The summed E-state index contributed by atoms with van der Waals surface area (Å²) in [7, 11) is 0. The van der Waals surface area contributed by atoms with Crippen molar-refractivity contribution in [3.63, 3.8) is 0 Å². The third kappa shape index (κ3) is 2.28. The lowest BCUT2D eigenvalue weighted by atomic mass is 9.46. The maximum Gasteiger partial charge on any atom is 0.340 e. The van der Waals surface area contributed by atoms with Gasteiger partial charge in [0.15, 0.2) is 5.78 Å². The minimum Gasteiger partial charge on any atom is -0.423 e. The molecule has 0 saturated heterocycles. The van der Waals surface area contributed by atoms with E-state index >= 15 is 0 Å². The summed E-state index contributed by atoms with van der Waals surface area (Å²) >= 11 is 0. The van der Waals surface area contributed by atoms with Gasteiger partial charge in [0.1, 0.15) is 5.76 Å². The lowest BCUT2D eigenvalue weighted by Gasteiger charge is -2.56. The fourth-order valence-corrected chi connectivity index (χ4v) is 6.75. The van der Waals surface area contributed by atoms with Crippen LogP contribution in [0.15, 0.2) is 46.3 Å². The molecule has 1 fully saturated rings. The van der Waals surface area contributed by atoms with Crippen molar-refractivity contribution in [3.05, 3.63) is 46.3 Å². The molecule has 3 unspecified atom stereocenters. The molecule has 28 heavy (non-hydrogen) atoms. The van der Waals surface area contributed by atoms with Crippen molar-refractivity contribution in [3.8, 4) is 0 Å². The van der Waals surface area contributed by atoms with E-state index in [1.165, 1.54) is 5.57 Å². The predicted octanol–water partition coefficient (Wildman–Crippen LogP) is 5.59. The molecule has 1 heterocycles. The molecule has 0 N–H and O–H groups in total. The van der Waals surface area contributed by atoms with Crippen LogP contribution in [0, 0.1) is 23.2 Å². The molecule has 2 bridgehead atoms. The van der Waals surface area contributed by atoms with Gasteiger partial charge >= 0.3 is 5.97 Å². The van der Waals surface area contributed by atoms with Crippen molar-refractivity contribution >= 4 is 11.8 Å². The minimum absolute atomic E-state index is 0.137. The highest BCUT2D eigenvalue weighted by atomic mass is 16.5. The Hall–Kier alpha value is -1.90. The van der Waals surface area contributed by atoms with Crippen LogP contribution in [-0.4, -0.2) is 11.8 Å². The monoisotopic (exact) mass is 378 g/mol. The summed E-state index contributed by atoms with van der Waals surface area (Å²) in [5.41, 5.74) is 4.14. The van der Waals surface area contributed by atoms with Crippen LogP contribution in [0.1, 0.15) is 71.6 Å². The second-order valence-electron chi connectivity index (χ2n) is 9.21. The molecule has 3 heteroatoms. The van der Waals surface area contributed by atoms with Gasteiger partial charge in [-0.05, 0) is 68.9 Å². The molecule has 1 saturated carbocycles. The molecule has 0 amide bonds. The van der Waals surface area contributed by atoms with Crippen molar-refractivity contribution in [1.82, 2.24) is 0 Å². The SMILES string of the molecule is CCCC=C1OC(=O)C2=C1CC[C@H]1C3C=C4C(=O)C=C(CCCC)C4(CC3)C21. The number of ether oxygens (including phenoxy) is 1. The number of carbonyl (C=O) groups is 2. The average molecular weight is 379 g/mol. The molecule has 6 rings (SSSR count). The molecule has 5 aliphatic carbocycles. The second-order valence-corrected chi connectivity index (χ2v) is 9.21. The Morgan fingerprint density at radius 3 is 2.86 bits per heavy atom. The standard InChI is InChI=1S/C25H30O3/c1-3-5-7-16-14-20(26)19-13-15-11-12-25(16,19)23-17(15)9-10-18-21(8-6-4-2)28-24(27)22(18)23/h8,13-15,17,23H,3-7,9-12H2,1-2H3/t15?,17-,23?,25?/m0/s1. The molecule has 0 aromatic rings. The van der Waals surface area contributed by atoms with Crippen molar-refractivity contribution < 1.29 is 14.3 Å². The van der Waals surface area contributed by atoms with E-state index in [1.807, 2.05) is 6.08 Å². The zero-order valence-electron chi connectivity index (χ0n) is 17.1. The summed E-state index contributed by atoms with van der Waals surface area (Å²) in [4.78, 5) is 26.0. The lowest BCUT2D eigenvalue weighted by molar-refractivity contribution is -0.135. The summed E-state index contributed by atoms with van der Waals surface area (Å²) in [6.07, 6.45) is 15.7. The second kappa shape index (κ2) is 6.57. The van der Waals surface area contributed by atoms with Crippen LogP contribution in [0.2, 0.25) is 0 Å². The zero-order valence-corrected chi connectivity index (χ0v) is 17.1. The number of fused-ring (bicyclic) bond motifs is 1. The maximum absolute atomic E-state index is 13.1. The van der Waals surface area contributed by atoms with Crippen molar-refractivity contribution in [2.24, 2.45) is 23.2 Å². The molecule has 3 nitrogen and oxygen atoms in total. The first-order valence-electron chi connectivity index (χ1n) is 11.2. The molecule has 4 atom stereocenters. The van der Waals surface area contributed by atoms with Crippen LogP contribution >= 0.6 is 0 Å². The van der Waals surface area contributed by atoms with Gasteiger partial charge < -0.3 is 4.74 Å². The Labute approximate surface area is 167 Å². The highest BCUT2D eigenvalue weighted by Gasteiger charge is 2.63. The number of carbonyl (C=O) groups excluding carboxylic acids is 2. The van der Waals surface area contributed by atoms with E-state index in [0.29, 0.717) is 11.8 Å². The summed E-state index contributed by atoms with van der Waals surface area (Å²) in [6.45, 7) is 4.35. The highest BCUT2D eigenvalue weighted by Crippen LogP contribution is 2.68. The van der Waals surface area contributed by atoms with Crippen LogP contribution < -0.4 is 0 Å². The number of hydrogen-bond donors (Lipinski definition) is 0. The van der Waals surface area contributed by atoms with Gasteiger partial charge in [-0.25, -0.2) is 4.79 Å². The number of rotatable bonds is 5. The zero-order chi connectivity index (χ0) is 19.5. The van der Waals surface area contributed by atoms with Gasteiger partial charge in [0.2, 0.25) is 0 Å². The van der Waals surface area contributed by atoms with Gasteiger partial charge in [-0.3, -0.25) is 4.79 Å². The van der Waals surface area contributed by atoms with Crippen LogP contribution in [0.3, 0.4) is 0 Å². The van der Waals surface area contributed by atoms with E-state index in [0.717, 1.165) is 80.3 Å². The topological polar surface area (TPSA) is 43.4 Å². The van der Waals surface area contributed by atoms with Gasteiger partial charge in [0.25, 0.3) is 0 Å². The van der Waals surface area contributed by atoms with E-state index < -0.39 is 0 Å². The number of ketones is 1. The first kappa shape index (κ1) is 18.1. The quantitative estimate of drug-likeness (QED) is 0.586. The lowest BCUT2D eigenvalue weighted by Crippen LogP contribution is -2.51. The molecular formula is C25H30O3. The summed E-state index contributed by atoms with van der Waals surface area (Å²) in [5.74, 6) is 1.94. The number of hydrogen-bond acceptors (Lipinski definition) is 3. The van der Waals surface area contributed by atoms with Crippen LogP contribution in [0.4, 0.5) is 0 Å². The number of allylic oxidation sites excluding steroid dienone is 6. The maximum atomic E-state index is 13.1. The van der Waals surface area contributed by atoms with Crippen LogP contribution in [0.25, 0.3) is 0 Å². The third-order valence-electron chi connectivity index (χ3n) is 7.89. The number of unbranched alkanes of at least 4 members (excludes halogenated alkanes) is 2. The Kier molecular flexibility index (Phi) is 4.26. The Bertz CT molecular complexity index is 868.